The van der Waals surface area contributed by atoms with Gasteiger partial charge in [0.15, 0.2) is 0 Å². The maximum Gasteiger partial charge on any atom is 0.261 e. The molecule has 2 aromatic carbocycles. The second-order valence-electron chi connectivity index (χ2n) is 7.75. The SMILES string of the molecule is CCOc1ccc(NS(=O)(=O)c2cccc(C(=O)N3CC(C)CC(C)C3)c2)cc1. The minimum Gasteiger partial charge on any atom is -0.494 e. The van der Waals surface area contributed by atoms with Gasteiger partial charge in [-0.3, -0.25) is 9.52 Å². The molecule has 0 saturated carbocycles. The maximum atomic E-state index is 12.9. The highest BCUT2D eigenvalue weighted by Gasteiger charge is 2.27. The third-order valence-corrected chi connectivity index (χ3v) is 6.34. The van der Waals surface area contributed by atoms with Crippen molar-refractivity contribution in [1.82, 2.24) is 4.90 Å². The molecule has 29 heavy (non-hydrogen) atoms. The van der Waals surface area contributed by atoms with Crippen LogP contribution in [-0.2, 0) is 10.0 Å². The predicted octanol–water partition coefficient (Wildman–Crippen LogP) is 4.00. The molecule has 1 amide bonds. The zero-order valence-electron chi connectivity index (χ0n) is 17.1. The summed E-state index contributed by atoms with van der Waals surface area (Å²) < 4.78 is 33.5. The quantitative estimate of drug-likeness (QED) is 0.772. The molecule has 6 nitrogen and oxygen atoms in total. The molecular formula is C22H28N2O4S. The molecule has 1 heterocycles. The van der Waals surface area contributed by atoms with Crippen molar-refractivity contribution in [3.05, 3.63) is 54.1 Å². The second kappa shape index (κ2) is 8.86. The van der Waals surface area contributed by atoms with Crippen LogP contribution in [0.15, 0.2) is 53.4 Å². The normalized spacial score (nSPS) is 19.6. The highest BCUT2D eigenvalue weighted by Crippen LogP contribution is 2.24. The molecule has 1 saturated heterocycles. The highest BCUT2D eigenvalue weighted by atomic mass is 32.2. The summed E-state index contributed by atoms with van der Waals surface area (Å²) in [6.45, 7) is 8.10. The Morgan fingerprint density at radius 1 is 1.10 bits per heavy atom. The van der Waals surface area contributed by atoms with Gasteiger partial charge >= 0.3 is 0 Å². The van der Waals surface area contributed by atoms with Crippen molar-refractivity contribution >= 4 is 21.6 Å². The number of likely N-dealkylation sites (tertiary alicyclic amines) is 1. The van der Waals surface area contributed by atoms with E-state index in [-0.39, 0.29) is 10.8 Å². The number of hydrogen-bond donors (Lipinski definition) is 1. The van der Waals surface area contributed by atoms with Gasteiger partial charge in [0.1, 0.15) is 5.75 Å². The first kappa shape index (κ1) is 21.2. The zero-order chi connectivity index (χ0) is 21.0. The Balaban J connectivity index is 1.77. The lowest BCUT2D eigenvalue weighted by molar-refractivity contribution is 0.0623. The minimum absolute atomic E-state index is 0.0651. The number of benzene rings is 2. The van der Waals surface area contributed by atoms with Crippen LogP contribution in [0.2, 0.25) is 0 Å². The van der Waals surface area contributed by atoms with Gasteiger partial charge in [0.25, 0.3) is 15.9 Å². The van der Waals surface area contributed by atoms with Crippen LogP contribution in [0.25, 0.3) is 0 Å². The van der Waals surface area contributed by atoms with Crippen molar-refractivity contribution in [1.29, 1.82) is 0 Å². The van der Waals surface area contributed by atoms with E-state index in [0.29, 0.717) is 48.5 Å². The molecule has 1 fully saturated rings. The molecule has 0 aromatic heterocycles. The number of carbonyl (C=O) groups is 1. The summed E-state index contributed by atoms with van der Waals surface area (Å²) in [6.07, 6.45) is 1.10. The number of sulfonamides is 1. The molecule has 3 rings (SSSR count). The number of carbonyl (C=O) groups excluding carboxylic acids is 1. The summed E-state index contributed by atoms with van der Waals surface area (Å²) in [5.74, 6) is 1.43. The number of ether oxygens (including phenoxy) is 1. The minimum atomic E-state index is -3.81. The first-order valence-electron chi connectivity index (χ1n) is 9.93. The van der Waals surface area contributed by atoms with Crippen molar-refractivity contribution in [2.24, 2.45) is 11.8 Å². The molecule has 1 aliphatic rings. The van der Waals surface area contributed by atoms with Crippen molar-refractivity contribution in [3.63, 3.8) is 0 Å². The van der Waals surface area contributed by atoms with Crippen LogP contribution in [0.5, 0.6) is 5.75 Å². The first-order valence-corrected chi connectivity index (χ1v) is 11.4. The standard InChI is InChI=1S/C22H28N2O4S/c1-4-28-20-10-8-19(9-11-20)23-29(26,27)21-7-5-6-18(13-21)22(25)24-14-16(2)12-17(3)15-24/h5-11,13,16-17,23H,4,12,14-15H2,1-3H3. The van der Waals surface area contributed by atoms with Crippen molar-refractivity contribution in [2.75, 3.05) is 24.4 Å². The molecule has 0 aliphatic carbocycles. The van der Waals surface area contributed by atoms with Crippen LogP contribution >= 0.6 is 0 Å². The number of piperidine rings is 1. The Morgan fingerprint density at radius 2 is 1.76 bits per heavy atom. The molecule has 0 bridgehead atoms. The second-order valence-corrected chi connectivity index (χ2v) is 9.43. The Labute approximate surface area is 172 Å². The molecular weight excluding hydrogens is 388 g/mol. The Kier molecular flexibility index (Phi) is 6.47. The lowest BCUT2D eigenvalue weighted by Gasteiger charge is -2.35. The molecule has 1 aliphatic heterocycles. The third kappa shape index (κ3) is 5.29. The predicted molar refractivity (Wildman–Crippen MR) is 114 cm³/mol. The number of anilines is 1. The molecule has 2 unspecified atom stereocenters. The maximum absolute atomic E-state index is 12.9. The summed E-state index contributed by atoms with van der Waals surface area (Å²) in [7, 11) is -3.81. The van der Waals surface area contributed by atoms with Crippen LogP contribution in [-0.4, -0.2) is 38.9 Å². The fourth-order valence-corrected chi connectivity index (χ4v) is 4.91. The van der Waals surface area contributed by atoms with Gasteiger partial charge in [-0.1, -0.05) is 19.9 Å². The topological polar surface area (TPSA) is 75.7 Å². The summed E-state index contributed by atoms with van der Waals surface area (Å²) >= 11 is 0. The summed E-state index contributed by atoms with van der Waals surface area (Å²) in [4.78, 5) is 14.8. The van der Waals surface area contributed by atoms with E-state index in [1.807, 2.05) is 11.8 Å². The van der Waals surface area contributed by atoms with Gasteiger partial charge in [-0.15, -0.1) is 0 Å². The fourth-order valence-electron chi connectivity index (χ4n) is 3.81. The van der Waals surface area contributed by atoms with Crippen molar-refractivity contribution < 1.29 is 17.9 Å². The summed E-state index contributed by atoms with van der Waals surface area (Å²) in [5, 5.41) is 0. The molecule has 7 heteroatoms. The van der Waals surface area contributed by atoms with Crippen LogP contribution < -0.4 is 9.46 Å². The van der Waals surface area contributed by atoms with Gasteiger partial charge in [-0.25, -0.2) is 8.42 Å². The summed E-state index contributed by atoms with van der Waals surface area (Å²) in [6, 6.07) is 12.9. The van der Waals surface area contributed by atoms with Gasteiger partial charge in [0.05, 0.1) is 11.5 Å². The number of nitrogens with zero attached hydrogens (tertiary/aromatic N) is 1. The van der Waals surface area contributed by atoms with Crippen LogP contribution in [0, 0.1) is 11.8 Å². The fraction of sp³-hybridized carbons (Fsp3) is 0.409. The average molecular weight is 417 g/mol. The van der Waals surface area contributed by atoms with Crippen LogP contribution in [0.4, 0.5) is 5.69 Å². The number of nitrogens with one attached hydrogen (secondary N) is 1. The van der Waals surface area contributed by atoms with E-state index in [4.69, 9.17) is 4.74 Å². The van der Waals surface area contributed by atoms with Crippen LogP contribution in [0.1, 0.15) is 37.6 Å². The van der Waals surface area contributed by atoms with E-state index in [0.717, 1.165) is 6.42 Å². The Hall–Kier alpha value is -2.54. The van der Waals surface area contributed by atoms with E-state index < -0.39 is 10.0 Å². The number of hydrogen-bond acceptors (Lipinski definition) is 4. The zero-order valence-corrected chi connectivity index (χ0v) is 17.9. The van der Waals surface area contributed by atoms with Gasteiger partial charge in [-0.05, 0) is 67.6 Å². The van der Waals surface area contributed by atoms with Gasteiger partial charge in [0, 0.05) is 24.3 Å². The summed E-state index contributed by atoms with van der Waals surface area (Å²) in [5.41, 5.74) is 0.824. The van der Waals surface area contributed by atoms with Crippen molar-refractivity contribution in [2.45, 2.75) is 32.1 Å². The van der Waals surface area contributed by atoms with E-state index in [1.165, 1.54) is 12.1 Å². The van der Waals surface area contributed by atoms with E-state index >= 15 is 0 Å². The Morgan fingerprint density at radius 3 is 2.38 bits per heavy atom. The monoisotopic (exact) mass is 416 g/mol. The average Bonchev–Trinajstić information content (AvgIpc) is 2.68. The molecule has 156 valence electrons. The molecule has 0 radical (unpaired) electrons. The van der Waals surface area contributed by atoms with Gasteiger partial charge in [-0.2, -0.15) is 0 Å². The van der Waals surface area contributed by atoms with E-state index in [9.17, 15) is 13.2 Å². The largest absolute Gasteiger partial charge is 0.494 e. The number of rotatable bonds is 6. The lowest BCUT2D eigenvalue weighted by atomic mass is 9.91. The van der Waals surface area contributed by atoms with Gasteiger partial charge < -0.3 is 9.64 Å². The molecule has 2 atom stereocenters. The first-order chi connectivity index (χ1) is 13.8. The van der Waals surface area contributed by atoms with Crippen LogP contribution in [0.3, 0.4) is 0 Å². The third-order valence-electron chi connectivity index (χ3n) is 4.96. The van der Waals surface area contributed by atoms with Crippen molar-refractivity contribution in [3.8, 4) is 5.75 Å². The van der Waals surface area contributed by atoms with Gasteiger partial charge in [0.2, 0.25) is 0 Å². The lowest BCUT2D eigenvalue weighted by Crippen LogP contribution is -2.42. The highest BCUT2D eigenvalue weighted by molar-refractivity contribution is 7.92. The molecule has 1 N–H and O–H groups in total. The molecule has 2 aromatic rings. The van der Waals surface area contributed by atoms with E-state index in [2.05, 4.69) is 18.6 Å². The molecule has 0 spiro atoms. The van der Waals surface area contributed by atoms with E-state index in [1.54, 1.807) is 36.4 Å². The Bertz CT molecular complexity index is 947. The number of amides is 1. The smallest absolute Gasteiger partial charge is 0.261 e.